The molecule has 14 heteroatoms. The number of ether oxygens (including phenoxy) is 2. The molecule has 0 fully saturated rings. The van der Waals surface area contributed by atoms with Gasteiger partial charge in [-0.15, -0.1) is 0 Å². The number of carbonyl (C=O) groups excluding carboxylic acids is 2. The summed E-state index contributed by atoms with van der Waals surface area (Å²) in [5, 5.41) is -5.85. The van der Waals surface area contributed by atoms with E-state index in [2.05, 4.69) is 4.74 Å². The lowest BCUT2D eigenvalue weighted by Gasteiger charge is -2.26. The van der Waals surface area contributed by atoms with Gasteiger partial charge >= 0.3 is 33.5 Å². The van der Waals surface area contributed by atoms with E-state index in [0.717, 1.165) is 18.2 Å². The van der Waals surface area contributed by atoms with E-state index in [1.54, 1.807) is 36.4 Å². The van der Waals surface area contributed by atoms with Crippen LogP contribution in [-0.2, 0) is 19.6 Å². The van der Waals surface area contributed by atoms with Crippen LogP contribution in [0.4, 0.5) is 22.0 Å². The Kier molecular flexibility index (Phi) is 7.98. The summed E-state index contributed by atoms with van der Waals surface area (Å²) in [5.41, 5.74) is -0.724. The molecule has 0 spiro atoms. The maximum Gasteiger partial charge on any atom is 0.432 e. The molecule has 1 aromatic rings. The predicted molar refractivity (Wildman–Crippen MR) is 96.0 cm³/mol. The fraction of sp³-hybridized carbons (Fsp3) is 0.467. The molecule has 0 aliphatic carbocycles. The summed E-state index contributed by atoms with van der Waals surface area (Å²) >= 11 is 1.69. The van der Waals surface area contributed by atoms with E-state index in [1.165, 1.54) is 0 Å². The van der Waals surface area contributed by atoms with Crippen molar-refractivity contribution >= 4 is 44.6 Å². The minimum absolute atomic E-state index is 0.240. The first-order chi connectivity index (χ1) is 13.0. The Bertz CT molecular complexity index is 886. The zero-order chi connectivity index (χ0) is 22.8. The fourth-order valence-electron chi connectivity index (χ4n) is 1.72. The van der Waals surface area contributed by atoms with Gasteiger partial charge in [-0.05, 0) is 47.2 Å². The Hall–Kier alpha value is -1.55. The maximum absolute atomic E-state index is 13.5. The smallest absolute Gasteiger partial charge is 0.432 e. The Morgan fingerprint density at radius 3 is 2.21 bits per heavy atom. The van der Waals surface area contributed by atoms with E-state index in [0.29, 0.717) is 6.42 Å². The second kappa shape index (κ2) is 9.07. The second-order valence-corrected chi connectivity index (χ2v) is 8.40. The van der Waals surface area contributed by atoms with Crippen molar-refractivity contribution in [2.45, 2.75) is 37.8 Å². The van der Waals surface area contributed by atoms with Crippen molar-refractivity contribution in [2.24, 2.45) is 5.92 Å². The number of rotatable bonds is 7. The first-order valence-corrected chi connectivity index (χ1v) is 10.2. The lowest BCUT2D eigenvalue weighted by atomic mass is 10.1. The second-order valence-electron chi connectivity index (χ2n) is 5.74. The monoisotopic (exact) mass is 560 g/mol. The predicted octanol–water partition coefficient (Wildman–Crippen LogP) is 3.81. The van der Waals surface area contributed by atoms with Gasteiger partial charge in [0.15, 0.2) is 0 Å². The van der Waals surface area contributed by atoms with Crippen molar-refractivity contribution in [3.05, 3.63) is 27.3 Å². The third-order valence-electron chi connectivity index (χ3n) is 3.56. The van der Waals surface area contributed by atoms with Gasteiger partial charge in [-0.3, -0.25) is 9.35 Å². The van der Waals surface area contributed by atoms with Crippen molar-refractivity contribution in [3.63, 3.8) is 0 Å². The van der Waals surface area contributed by atoms with Gasteiger partial charge in [0, 0.05) is 0 Å². The van der Waals surface area contributed by atoms with Crippen molar-refractivity contribution < 1.29 is 54.0 Å². The Labute approximate surface area is 175 Å². The molecule has 1 rings (SSSR count). The van der Waals surface area contributed by atoms with Gasteiger partial charge in [0.2, 0.25) is 0 Å². The molecule has 1 aromatic carbocycles. The van der Waals surface area contributed by atoms with Crippen LogP contribution < -0.4 is 4.74 Å². The summed E-state index contributed by atoms with van der Waals surface area (Å²) in [6.07, 6.45) is -10.1. The van der Waals surface area contributed by atoms with Crippen molar-refractivity contribution in [1.29, 1.82) is 0 Å². The van der Waals surface area contributed by atoms with Crippen molar-refractivity contribution in [3.8, 4) is 5.75 Å². The first-order valence-electron chi connectivity index (χ1n) is 7.66. The maximum atomic E-state index is 13.5. The largest absolute Gasteiger partial charge is 0.441 e. The van der Waals surface area contributed by atoms with Crippen LogP contribution in [0.3, 0.4) is 0 Å². The van der Waals surface area contributed by atoms with Gasteiger partial charge < -0.3 is 9.47 Å². The molecule has 0 radical (unpaired) electrons. The molecule has 0 aromatic heterocycles. The molecule has 2 unspecified atom stereocenters. The minimum atomic E-state index is -6.56. The lowest BCUT2D eigenvalue weighted by Crippen LogP contribution is -2.52. The molecular weight excluding hydrogens is 546 g/mol. The lowest BCUT2D eigenvalue weighted by molar-refractivity contribution is -0.248. The van der Waals surface area contributed by atoms with Crippen molar-refractivity contribution in [2.75, 3.05) is 0 Å². The zero-order valence-electron chi connectivity index (χ0n) is 14.7. The number of esters is 2. The molecule has 0 bridgehead atoms. The molecule has 0 heterocycles. The molecule has 7 nitrogen and oxygen atoms in total. The highest BCUT2D eigenvalue weighted by Gasteiger charge is 2.66. The minimum Gasteiger partial charge on any atom is -0.441 e. The number of hydrogen-bond acceptors (Lipinski definition) is 6. The van der Waals surface area contributed by atoms with Crippen LogP contribution in [0.2, 0.25) is 0 Å². The number of hydrogen-bond donors (Lipinski definition) is 1. The normalized spacial score (nSPS) is 14.8. The fourth-order valence-corrected chi connectivity index (χ4v) is 2.62. The van der Waals surface area contributed by atoms with Crippen LogP contribution in [0, 0.1) is 9.49 Å². The van der Waals surface area contributed by atoms with Crippen LogP contribution in [-0.4, -0.2) is 42.4 Å². The third kappa shape index (κ3) is 6.21. The quantitative estimate of drug-likeness (QED) is 0.178. The van der Waals surface area contributed by atoms with Gasteiger partial charge in [-0.1, -0.05) is 13.8 Å². The summed E-state index contributed by atoms with van der Waals surface area (Å²) < 4.78 is 104. The molecular formula is C15H14F5IO7S. The van der Waals surface area contributed by atoms with Gasteiger partial charge in [0.1, 0.15) is 5.75 Å². The number of carbonyl (C=O) groups is 2. The van der Waals surface area contributed by atoms with Crippen LogP contribution >= 0.6 is 22.6 Å². The molecule has 1 N–H and O–H groups in total. The molecule has 0 aliphatic rings. The number of alkyl halides is 5. The summed E-state index contributed by atoms with van der Waals surface area (Å²) in [6, 6.07) is 2.81. The highest BCUT2D eigenvalue weighted by Crippen LogP contribution is 2.38. The molecule has 0 saturated heterocycles. The van der Waals surface area contributed by atoms with Crippen LogP contribution in [0.15, 0.2) is 18.2 Å². The third-order valence-corrected chi connectivity index (χ3v) is 5.36. The average Bonchev–Trinajstić information content (AvgIpc) is 2.58. The van der Waals surface area contributed by atoms with Crippen molar-refractivity contribution in [1.82, 2.24) is 0 Å². The molecule has 0 amide bonds. The van der Waals surface area contributed by atoms with Gasteiger partial charge in [-0.25, -0.2) is 4.79 Å². The van der Waals surface area contributed by atoms with E-state index >= 15 is 0 Å². The summed E-state index contributed by atoms with van der Waals surface area (Å²) in [7, 11) is -6.56. The van der Waals surface area contributed by atoms with E-state index < -0.39 is 51.1 Å². The van der Waals surface area contributed by atoms with Crippen LogP contribution in [0.5, 0.6) is 5.75 Å². The SMILES string of the molecule is CCC(C)C(=O)Oc1cc(C(=O)OC(C(F)(F)F)C(F)(F)S(=O)(=O)O)ccc1I. The topological polar surface area (TPSA) is 107 Å². The first kappa shape index (κ1) is 25.5. The molecule has 0 saturated carbocycles. The van der Waals surface area contributed by atoms with E-state index in [-0.39, 0.29) is 9.32 Å². The van der Waals surface area contributed by atoms with Gasteiger partial charge in [-0.2, -0.15) is 30.4 Å². The van der Waals surface area contributed by atoms with Crippen LogP contribution in [0.25, 0.3) is 0 Å². The zero-order valence-corrected chi connectivity index (χ0v) is 17.6. The number of benzene rings is 1. The summed E-state index contributed by atoms with van der Waals surface area (Å²) in [6.45, 7) is 3.23. The number of halogens is 6. The van der Waals surface area contributed by atoms with Gasteiger partial charge in [0.05, 0.1) is 15.1 Å². The standard InChI is InChI=1S/C15H14F5IO7S/c1-3-7(2)11(22)27-10-6-8(4-5-9(10)21)12(23)28-13(14(16,17)18)15(19,20)29(24,25)26/h4-7,13H,3H2,1-2H3,(H,24,25,26). The van der Waals surface area contributed by atoms with Gasteiger partial charge in [0.25, 0.3) is 6.10 Å². The highest BCUT2D eigenvalue weighted by atomic mass is 127. The Balaban J connectivity index is 3.23. The summed E-state index contributed by atoms with van der Waals surface area (Å²) in [4.78, 5) is 23.8. The molecule has 2 atom stereocenters. The van der Waals surface area contributed by atoms with E-state index in [1.807, 2.05) is 0 Å². The highest BCUT2D eigenvalue weighted by molar-refractivity contribution is 14.1. The van der Waals surface area contributed by atoms with E-state index in [9.17, 15) is 40.0 Å². The molecule has 0 aliphatic heterocycles. The van der Waals surface area contributed by atoms with Crippen LogP contribution in [0.1, 0.15) is 30.6 Å². The summed E-state index contributed by atoms with van der Waals surface area (Å²) in [5.74, 6) is -3.46. The molecule has 29 heavy (non-hydrogen) atoms. The Morgan fingerprint density at radius 2 is 1.76 bits per heavy atom. The molecule has 164 valence electrons. The average molecular weight is 560 g/mol. The van der Waals surface area contributed by atoms with E-state index in [4.69, 9.17) is 9.29 Å². The Morgan fingerprint density at radius 1 is 1.21 bits per heavy atom.